The SMILES string of the molecule is O=C(OCCOC(=O)c1ccc(N2CCCC2=O)cc1)c1ccccc1. The highest BCUT2D eigenvalue weighted by atomic mass is 16.6. The summed E-state index contributed by atoms with van der Waals surface area (Å²) in [5.41, 5.74) is 1.61. The molecule has 0 aromatic heterocycles. The van der Waals surface area contributed by atoms with Crippen LogP contribution in [0.15, 0.2) is 54.6 Å². The van der Waals surface area contributed by atoms with Crippen molar-refractivity contribution in [1.82, 2.24) is 0 Å². The van der Waals surface area contributed by atoms with Crippen molar-refractivity contribution >= 4 is 23.5 Å². The molecular formula is C20H19NO5. The van der Waals surface area contributed by atoms with Crippen LogP contribution in [0.4, 0.5) is 5.69 Å². The minimum atomic E-state index is -0.500. The second-order valence-corrected chi connectivity index (χ2v) is 5.83. The van der Waals surface area contributed by atoms with Gasteiger partial charge in [0.1, 0.15) is 13.2 Å². The van der Waals surface area contributed by atoms with Crippen LogP contribution in [0.5, 0.6) is 0 Å². The lowest BCUT2D eigenvalue weighted by Gasteiger charge is -2.15. The summed E-state index contributed by atoms with van der Waals surface area (Å²) in [5.74, 6) is -0.859. The largest absolute Gasteiger partial charge is 0.458 e. The number of amides is 1. The molecule has 2 aromatic carbocycles. The molecule has 1 aliphatic heterocycles. The Morgan fingerprint density at radius 1 is 0.846 bits per heavy atom. The van der Waals surface area contributed by atoms with E-state index in [9.17, 15) is 14.4 Å². The molecule has 1 heterocycles. The Morgan fingerprint density at radius 2 is 1.42 bits per heavy atom. The Labute approximate surface area is 151 Å². The van der Waals surface area contributed by atoms with Gasteiger partial charge in [0.2, 0.25) is 5.91 Å². The van der Waals surface area contributed by atoms with Gasteiger partial charge in [-0.3, -0.25) is 4.79 Å². The molecule has 0 spiro atoms. The zero-order chi connectivity index (χ0) is 18.4. The fourth-order valence-corrected chi connectivity index (χ4v) is 2.71. The van der Waals surface area contributed by atoms with E-state index in [0.717, 1.165) is 12.1 Å². The first kappa shape index (κ1) is 17.7. The first-order valence-corrected chi connectivity index (χ1v) is 8.45. The second-order valence-electron chi connectivity index (χ2n) is 5.83. The van der Waals surface area contributed by atoms with Crippen LogP contribution in [0.2, 0.25) is 0 Å². The van der Waals surface area contributed by atoms with Crippen LogP contribution in [0, 0.1) is 0 Å². The molecule has 1 fully saturated rings. The van der Waals surface area contributed by atoms with Crippen molar-refractivity contribution in [3.8, 4) is 0 Å². The van der Waals surface area contributed by atoms with Crippen LogP contribution in [-0.2, 0) is 14.3 Å². The van der Waals surface area contributed by atoms with E-state index in [4.69, 9.17) is 9.47 Å². The Bertz CT molecular complexity index is 786. The van der Waals surface area contributed by atoms with Crippen molar-refractivity contribution in [2.75, 3.05) is 24.7 Å². The maximum atomic E-state index is 12.0. The van der Waals surface area contributed by atoms with Crippen molar-refractivity contribution in [2.45, 2.75) is 12.8 Å². The number of benzene rings is 2. The first-order chi connectivity index (χ1) is 12.6. The first-order valence-electron chi connectivity index (χ1n) is 8.45. The molecule has 6 heteroatoms. The molecular weight excluding hydrogens is 334 g/mol. The predicted molar refractivity (Wildman–Crippen MR) is 95.0 cm³/mol. The summed E-state index contributed by atoms with van der Waals surface area (Å²) in [6.45, 7) is 0.666. The summed E-state index contributed by atoms with van der Waals surface area (Å²) >= 11 is 0. The van der Waals surface area contributed by atoms with Gasteiger partial charge in [0, 0.05) is 18.7 Å². The van der Waals surface area contributed by atoms with E-state index in [2.05, 4.69) is 0 Å². The van der Waals surface area contributed by atoms with Crippen LogP contribution in [-0.4, -0.2) is 37.6 Å². The van der Waals surface area contributed by atoms with E-state index in [1.807, 2.05) is 6.07 Å². The third-order valence-electron chi connectivity index (χ3n) is 4.05. The Morgan fingerprint density at radius 3 is 1.96 bits per heavy atom. The summed E-state index contributed by atoms with van der Waals surface area (Å²) in [7, 11) is 0. The van der Waals surface area contributed by atoms with Crippen LogP contribution in [0.1, 0.15) is 33.6 Å². The van der Waals surface area contributed by atoms with E-state index >= 15 is 0 Å². The summed E-state index contributed by atoms with van der Waals surface area (Å²) in [6.07, 6.45) is 1.41. The second kappa shape index (κ2) is 8.29. The Balaban J connectivity index is 1.45. The van der Waals surface area contributed by atoms with Gasteiger partial charge >= 0.3 is 11.9 Å². The monoisotopic (exact) mass is 353 g/mol. The van der Waals surface area contributed by atoms with E-state index < -0.39 is 11.9 Å². The standard InChI is InChI=1S/C20H19NO5/c22-18-7-4-12-21(18)17-10-8-16(9-11-17)20(24)26-14-13-25-19(23)15-5-2-1-3-6-15/h1-3,5-6,8-11H,4,7,12-14H2. The third kappa shape index (κ3) is 4.27. The fraction of sp³-hybridized carbons (Fsp3) is 0.250. The molecule has 0 N–H and O–H groups in total. The molecule has 26 heavy (non-hydrogen) atoms. The van der Waals surface area contributed by atoms with Gasteiger partial charge in [-0.2, -0.15) is 0 Å². The number of carbonyl (C=O) groups is 3. The number of hydrogen-bond acceptors (Lipinski definition) is 5. The third-order valence-corrected chi connectivity index (χ3v) is 4.05. The van der Waals surface area contributed by atoms with E-state index in [0.29, 0.717) is 24.1 Å². The van der Waals surface area contributed by atoms with Gasteiger partial charge < -0.3 is 14.4 Å². The highest BCUT2D eigenvalue weighted by molar-refractivity contribution is 5.96. The normalized spacial score (nSPS) is 13.5. The molecule has 0 bridgehead atoms. The molecule has 1 aliphatic rings. The molecule has 134 valence electrons. The van der Waals surface area contributed by atoms with Gasteiger partial charge in [0.05, 0.1) is 11.1 Å². The molecule has 0 unspecified atom stereocenters. The molecule has 0 aliphatic carbocycles. The summed E-state index contributed by atoms with van der Waals surface area (Å²) in [6, 6.07) is 15.3. The smallest absolute Gasteiger partial charge is 0.338 e. The lowest BCUT2D eigenvalue weighted by atomic mass is 10.2. The van der Waals surface area contributed by atoms with E-state index in [-0.39, 0.29) is 19.1 Å². The lowest BCUT2D eigenvalue weighted by molar-refractivity contribution is -0.117. The van der Waals surface area contributed by atoms with E-state index in [1.54, 1.807) is 53.4 Å². The fourth-order valence-electron chi connectivity index (χ4n) is 2.71. The zero-order valence-electron chi connectivity index (χ0n) is 14.2. The molecule has 0 saturated carbocycles. The maximum absolute atomic E-state index is 12.0. The van der Waals surface area contributed by atoms with Crippen LogP contribution < -0.4 is 4.90 Å². The van der Waals surface area contributed by atoms with Gasteiger partial charge in [0.15, 0.2) is 0 Å². The number of hydrogen-bond donors (Lipinski definition) is 0. The highest BCUT2D eigenvalue weighted by Gasteiger charge is 2.21. The highest BCUT2D eigenvalue weighted by Crippen LogP contribution is 2.21. The topological polar surface area (TPSA) is 72.9 Å². The zero-order valence-corrected chi connectivity index (χ0v) is 14.2. The minimum absolute atomic E-state index is 0.0141. The van der Waals surface area contributed by atoms with E-state index in [1.165, 1.54) is 0 Å². The minimum Gasteiger partial charge on any atom is -0.458 e. The molecule has 2 aromatic rings. The number of nitrogens with zero attached hydrogens (tertiary/aromatic N) is 1. The van der Waals surface area contributed by atoms with Crippen molar-refractivity contribution in [1.29, 1.82) is 0 Å². The molecule has 0 radical (unpaired) electrons. The molecule has 0 atom stereocenters. The van der Waals surface area contributed by atoms with Gasteiger partial charge in [-0.25, -0.2) is 9.59 Å². The van der Waals surface area contributed by atoms with Crippen molar-refractivity contribution < 1.29 is 23.9 Å². The summed E-state index contributed by atoms with van der Waals surface area (Å²) in [5, 5.41) is 0. The molecule has 1 saturated heterocycles. The summed E-state index contributed by atoms with van der Waals surface area (Å²) in [4.78, 5) is 37.2. The van der Waals surface area contributed by atoms with Gasteiger partial charge in [-0.05, 0) is 42.8 Å². The van der Waals surface area contributed by atoms with Crippen LogP contribution in [0.25, 0.3) is 0 Å². The van der Waals surface area contributed by atoms with Gasteiger partial charge in [0.25, 0.3) is 0 Å². The average molecular weight is 353 g/mol. The number of ether oxygens (including phenoxy) is 2. The van der Waals surface area contributed by atoms with Gasteiger partial charge in [-0.15, -0.1) is 0 Å². The molecule has 6 nitrogen and oxygen atoms in total. The van der Waals surface area contributed by atoms with Crippen molar-refractivity contribution in [3.05, 3.63) is 65.7 Å². The van der Waals surface area contributed by atoms with Crippen molar-refractivity contribution in [2.24, 2.45) is 0 Å². The molecule has 3 rings (SSSR count). The Hall–Kier alpha value is -3.15. The maximum Gasteiger partial charge on any atom is 0.338 e. The van der Waals surface area contributed by atoms with Crippen molar-refractivity contribution in [3.63, 3.8) is 0 Å². The number of carbonyl (C=O) groups excluding carboxylic acids is 3. The van der Waals surface area contributed by atoms with Crippen LogP contribution in [0.3, 0.4) is 0 Å². The average Bonchev–Trinajstić information content (AvgIpc) is 3.11. The number of esters is 2. The molecule has 1 amide bonds. The summed E-state index contributed by atoms with van der Waals surface area (Å²) < 4.78 is 10.2. The quantitative estimate of drug-likeness (QED) is 0.590. The Kier molecular flexibility index (Phi) is 5.63. The van der Waals surface area contributed by atoms with Gasteiger partial charge in [-0.1, -0.05) is 18.2 Å². The predicted octanol–water partition coefficient (Wildman–Crippen LogP) is 2.83. The number of rotatable bonds is 6. The van der Waals surface area contributed by atoms with Crippen LogP contribution >= 0.6 is 0 Å². The number of anilines is 1. The lowest BCUT2D eigenvalue weighted by Crippen LogP contribution is -2.23.